The molecular weight excluding hydrogens is 204 g/mol. The Morgan fingerprint density at radius 3 is 2.27 bits per heavy atom. The van der Waals surface area contributed by atoms with E-state index >= 15 is 0 Å². The van der Waals surface area contributed by atoms with E-state index in [2.05, 4.69) is 44.9 Å². The van der Waals surface area contributed by atoms with Gasteiger partial charge in [-0.1, -0.05) is 20.8 Å². The third-order valence-corrected chi connectivity index (χ3v) is 3.69. The van der Waals surface area contributed by atoms with Crippen LogP contribution in [0.15, 0.2) is 0 Å². The molecule has 0 spiro atoms. The first-order valence-corrected chi connectivity index (χ1v) is 6.26. The van der Waals surface area contributed by atoms with E-state index in [1.54, 1.807) is 0 Å². The molecule has 0 aromatic carbocycles. The van der Waals surface area contributed by atoms with Gasteiger partial charge < -0.3 is 5.32 Å². The predicted octanol–water partition coefficient (Wildman–Crippen LogP) is 3.46. The van der Waals surface area contributed by atoms with E-state index in [9.17, 15) is 0 Å². The molecule has 0 radical (unpaired) electrons. The zero-order valence-corrected chi connectivity index (χ0v) is 11.5. The smallest absolute Gasteiger partial charge is 0.110 e. The SMILES string of the molecule is CNC(CC(C)(C)C)c1nc(C)c(C)s1. The van der Waals surface area contributed by atoms with Gasteiger partial charge in [0.1, 0.15) is 5.01 Å². The fourth-order valence-electron chi connectivity index (χ4n) is 1.57. The van der Waals surface area contributed by atoms with E-state index in [1.807, 2.05) is 18.4 Å². The van der Waals surface area contributed by atoms with Crippen molar-refractivity contribution in [1.82, 2.24) is 10.3 Å². The third-order valence-electron chi connectivity index (χ3n) is 2.51. The number of aryl methyl sites for hydroxylation is 2. The Bertz CT molecular complexity index is 303. The summed E-state index contributed by atoms with van der Waals surface area (Å²) in [6, 6.07) is 0.391. The van der Waals surface area contributed by atoms with Gasteiger partial charge in [-0.2, -0.15) is 0 Å². The standard InChI is InChI=1S/C12H22N2S/c1-8-9(2)15-11(14-8)10(13-6)7-12(3,4)5/h10,13H,7H2,1-6H3. The normalized spacial score (nSPS) is 14.3. The minimum absolute atomic E-state index is 0.334. The Kier molecular flexibility index (Phi) is 3.90. The summed E-state index contributed by atoms with van der Waals surface area (Å²) < 4.78 is 0. The average molecular weight is 226 g/mol. The highest BCUT2D eigenvalue weighted by Gasteiger charge is 2.21. The van der Waals surface area contributed by atoms with Gasteiger partial charge in [0.15, 0.2) is 0 Å². The van der Waals surface area contributed by atoms with Crippen molar-refractivity contribution in [2.75, 3.05) is 7.05 Å². The van der Waals surface area contributed by atoms with E-state index in [0.717, 1.165) is 6.42 Å². The van der Waals surface area contributed by atoms with Crippen LogP contribution >= 0.6 is 11.3 Å². The molecular formula is C12H22N2S. The highest BCUT2D eigenvalue weighted by molar-refractivity contribution is 7.11. The van der Waals surface area contributed by atoms with Crippen LogP contribution in [-0.2, 0) is 0 Å². The first-order chi connectivity index (χ1) is 6.83. The van der Waals surface area contributed by atoms with Crippen molar-refractivity contribution in [3.05, 3.63) is 15.6 Å². The molecule has 1 rings (SSSR count). The lowest BCUT2D eigenvalue weighted by molar-refractivity contribution is 0.320. The van der Waals surface area contributed by atoms with Crippen LogP contribution < -0.4 is 5.32 Å². The molecule has 86 valence electrons. The Labute approximate surface area is 97.1 Å². The van der Waals surface area contributed by atoms with Crippen molar-refractivity contribution in [3.63, 3.8) is 0 Å². The van der Waals surface area contributed by atoms with Gasteiger partial charge >= 0.3 is 0 Å². The quantitative estimate of drug-likeness (QED) is 0.854. The third kappa shape index (κ3) is 3.58. The number of nitrogens with zero attached hydrogens (tertiary/aromatic N) is 1. The van der Waals surface area contributed by atoms with Gasteiger partial charge in [0, 0.05) is 4.88 Å². The van der Waals surface area contributed by atoms with Crippen molar-refractivity contribution in [2.45, 2.75) is 47.1 Å². The number of rotatable bonds is 3. The molecule has 0 amide bonds. The molecule has 1 N–H and O–H groups in total. The molecule has 0 bridgehead atoms. The maximum atomic E-state index is 4.62. The van der Waals surface area contributed by atoms with Crippen LogP contribution in [0.3, 0.4) is 0 Å². The monoisotopic (exact) mass is 226 g/mol. The number of hydrogen-bond acceptors (Lipinski definition) is 3. The zero-order valence-electron chi connectivity index (χ0n) is 10.6. The van der Waals surface area contributed by atoms with Crippen molar-refractivity contribution in [1.29, 1.82) is 0 Å². The highest BCUT2D eigenvalue weighted by Crippen LogP contribution is 2.32. The molecule has 0 fully saturated rings. The van der Waals surface area contributed by atoms with Crippen molar-refractivity contribution in [2.24, 2.45) is 5.41 Å². The summed E-state index contributed by atoms with van der Waals surface area (Å²) in [7, 11) is 2.02. The maximum Gasteiger partial charge on any atom is 0.110 e. The lowest BCUT2D eigenvalue weighted by Gasteiger charge is -2.24. The van der Waals surface area contributed by atoms with E-state index in [1.165, 1.54) is 15.6 Å². The lowest BCUT2D eigenvalue weighted by atomic mass is 9.88. The summed E-state index contributed by atoms with van der Waals surface area (Å²) in [5.74, 6) is 0. The summed E-state index contributed by atoms with van der Waals surface area (Å²) in [5.41, 5.74) is 1.50. The summed E-state index contributed by atoms with van der Waals surface area (Å²) in [6.07, 6.45) is 1.12. The van der Waals surface area contributed by atoms with Crippen LogP contribution in [0.2, 0.25) is 0 Å². The molecule has 0 aliphatic rings. The molecule has 1 aromatic heterocycles. The zero-order chi connectivity index (χ0) is 11.6. The van der Waals surface area contributed by atoms with Gasteiger partial charge in [0.25, 0.3) is 0 Å². The van der Waals surface area contributed by atoms with Crippen LogP contribution in [0.25, 0.3) is 0 Å². The molecule has 0 aliphatic heterocycles. The Morgan fingerprint density at radius 1 is 1.33 bits per heavy atom. The van der Waals surface area contributed by atoms with E-state index in [4.69, 9.17) is 0 Å². The van der Waals surface area contributed by atoms with Gasteiger partial charge in [0.2, 0.25) is 0 Å². The van der Waals surface area contributed by atoms with Gasteiger partial charge in [-0.15, -0.1) is 11.3 Å². The number of nitrogens with one attached hydrogen (secondary N) is 1. The first-order valence-electron chi connectivity index (χ1n) is 5.44. The van der Waals surface area contributed by atoms with Crippen LogP contribution in [-0.4, -0.2) is 12.0 Å². The average Bonchev–Trinajstić information content (AvgIpc) is 2.41. The Balaban J connectivity index is 2.83. The second-order valence-electron chi connectivity index (χ2n) is 5.30. The molecule has 2 nitrogen and oxygen atoms in total. The van der Waals surface area contributed by atoms with Crippen LogP contribution in [0.5, 0.6) is 0 Å². The van der Waals surface area contributed by atoms with Gasteiger partial charge in [-0.05, 0) is 32.7 Å². The summed E-state index contributed by atoms with van der Waals surface area (Å²) in [4.78, 5) is 5.95. The number of thiazole rings is 1. The van der Waals surface area contributed by atoms with Crippen molar-refractivity contribution >= 4 is 11.3 Å². The molecule has 0 saturated carbocycles. The minimum atomic E-state index is 0.334. The minimum Gasteiger partial charge on any atom is -0.311 e. The number of aromatic nitrogens is 1. The Morgan fingerprint density at radius 2 is 1.93 bits per heavy atom. The fourth-order valence-corrected chi connectivity index (χ4v) is 2.60. The highest BCUT2D eigenvalue weighted by atomic mass is 32.1. The first kappa shape index (κ1) is 12.7. The molecule has 1 heterocycles. The molecule has 0 saturated heterocycles. The molecule has 15 heavy (non-hydrogen) atoms. The van der Waals surface area contributed by atoms with Crippen molar-refractivity contribution in [3.8, 4) is 0 Å². The fraction of sp³-hybridized carbons (Fsp3) is 0.750. The lowest BCUT2D eigenvalue weighted by Crippen LogP contribution is -2.22. The molecule has 1 unspecified atom stereocenters. The predicted molar refractivity (Wildman–Crippen MR) is 67.5 cm³/mol. The Hall–Kier alpha value is -0.410. The van der Waals surface area contributed by atoms with E-state index < -0.39 is 0 Å². The summed E-state index contributed by atoms with van der Waals surface area (Å²) in [6.45, 7) is 11.0. The van der Waals surface area contributed by atoms with Gasteiger partial charge in [-0.25, -0.2) is 4.98 Å². The molecule has 1 aromatic rings. The van der Waals surface area contributed by atoms with E-state index in [0.29, 0.717) is 11.5 Å². The topological polar surface area (TPSA) is 24.9 Å². The second-order valence-corrected chi connectivity index (χ2v) is 6.53. The molecule has 1 atom stereocenters. The molecule has 0 aliphatic carbocycles. The van der Waals surface area contributed by atoms with Gasteiger partial charge in [-0.3, -0.25) is 0 Å². The largest absolute Gasteiger partial charge is 0.311 e. The number of hydrogen-bond donors (Lipinski definition) is 1. The van der Waals surface area contributed by atoms with Crippen molar-refractivity contribution < 1.29 is 0 Å². The van der Waals surface area contributed by atoms with Gasteiger partial charge in [0.05, 0.1) is 11.7 Å². The van der Waals surface area contributed by atoms with Crippen LogP contribution in [0.1, 0.15) is 48.8 Å². The summed E-state index contributed by atoms with van der Waals surface area (Å²) >= 11 is 1.81. The maximum absolute atomic E-state index is 4.62. The second kappa shape index (κ2) is 4.62. The summed E-state index contributed by atoms with van der Waals surface area (Å²) in [5, 5.41) is 4.59. The van der Waals surface area contributed by atoms with Crippen LogP contribution in [0.4, 0.5) is 0 Å². The molecule has 3 heteroatoms. The van der Waals surface area contributed by atoms with Crippen LogP contribution in [0, 0.1) is 19.3 Å². The van der Waals surface area contributed by atoms with E-state index in [-0.39, 0.29) is 0 Å².